The van der Waals surface area contributed by atoms with Gasteiger partial charge in [-0.15, -0.1) is 0 Å². The standard InChI is InChI=1S/C27H17ClN2O4S/c1-14-6-11-20(34-14)24(31)22-23(17-8-7-15-4-2-3-5-16(15)12-17)30(26(33)25(22)32)27-29-19-10-9-18(28)13-21(19)35-27/h2-13,32-33H,1H3. The lowest BCUT2D eigenvalue weighted by Gasteiger charge is -2.10. The second kappa shape index (κ2) is 8.01. The molecule has 3 aromatic carbocycles. The maximum absolute atomic E-state index is 13.5. The molecule has 6 aromatic rings. The number of ketones is 1. The number of aryl methyl sites for hydroxylation is 1. The number of nitrogens with zero attached hydrogens (tertiary/aromatic N) is 2. The molecule has 3 heterocycles. The average molecular weight is 501 g/mol. The number of rotatable bonds is 4. The van der Waals surface area contributed by atoms with E-state index in [1.807, 2.05) is 42.5 Å². The predicted octanol–water partition coefficient (Wildman–Crippen LogP) is 7.10. The van der Waals surface area contributed by atoms with Crippen LogP contribution in [-0.4, -0.2) is 25.5 Å². The van der Waals surface area contributed by atoms with Gasteiger partial charge in [-0.1, -0.05) is 59.3 Å². The fourth-order valence-corrected chi connectivity index (χ4v) is 5.47. The van der Waals surface area contributed by atoms with Crippen molar-refractivity contribution in [2.24, 2.45) is 0 Å². The van der Waals surface area contributed by atoms with Gasteiger partial charge in [0.25, 0.3) is 0 Å². The van der Waals surface area contributed by atoms with Crippen LogP contribution in [0.5, 0.6) is 11.6 Å². The van der Waals surface area contributed by atoms with Gasteiger partial charge in [-0.3, -0.25) is 9.36 Å². The molecular weight excluding hydrogens is 484 g/mol. The van der Waals surface area contributed by atoms with Crippen molar-refractivity contribution in [3.63, 3.8) is 0 Å². The van der Waals surface area contributed by atoms with Crippen LogP contribution in [0.3, 0.4) is 0 Å². The summed E-state index contributed by atoms with van der Waals surface area (Å²) >= 11 is 7.44. The van der Waals surface area contributed by atoms with Gasteiger partial charge in [0.1, 0.15) is 5.76 Å². The first-order valence-electron chi connectivity index (χ1n) is 10.7. The molecule has 8 heteroatoms. The minimum atomic E-state index is -0.544. The Morgan fingerprint density at radius 1 is 1.00 bits per heavy atom. The van der Waals surface area contributed by atoms with Crippen LogP contribution < -0.4 is 0 Å². The number of aromatic nitrogens is 2. The first-order valence-corrected chi connectivity index (χ1v) is 11.9. The van der Waals surface area contributed by atoms with Crippen LogP contribution in [0.4, 0.5) is 0 Å². The zero-order valence-electron chi connectivity index (χ0n) is 18.3. The molecule has 0 aliphatic heterocycles. The molecule has 3 aromatic heterocycles. The van der Waals surface area contributed by atoms with Crippen LogP contribution in [0.1, 0.15) is 21.9 Å². The van der Waals surface area contributed by atoms with Gasteiger partial charge < -0.3 is 14.6 Å². The maximum Gasteiger partial charge on any atom is 0.242 e. The number of furan rings is 1. The molecule has 2 N–H and O–H groups in total. The summed E-state index contributed by atoms with van der Waals surface area (Å²) in [6.07, 6.45) is 0. The van der Waals surface area contributed by atoms with E-state index in [1.165, 1.54) is 15.9 Å². The maximum atomic E-state index is 13.5. The van der Waals surface area contributed by atoms with Crippen LogP contribution in [-0.2, 0) is 0 Å². The molecule has 0 unspecified atom stereocenters. The quantitative estimate of drug-likeness (QED) is 0.252. The van der Waals surface area contributed by atoms with Crippen molar-refractivity contribution in [1.29, 1.82) is 0 Å². The summed E-state index contributed by atoms with van der Waals surface area (Å²) < 4.78 is 7.76. The van der Waals surface area contributed by atoms with Crippen LogP contribution in [0, 0.1) is 6.92 Å². The second-order valence-electron chi connectivity index (χ2n) is 8.14. The normalized spacial score (nSPS) is 11.5. The van der Waals surface area contributed by atoms with Gasteiger partial charge in [0.05, 0.1) is 21.5 Å². The Kier molecular flexibility index (Phi) is 4.91. The molecule has 0 aliphatic carbocycles. The summed E-state index contributed by atoms with van der Waals surface area (Å²) in [5, 5.41) is 25.0. The third kappa shape index (κ3) is 3.48. The highest BCUT2D eigenvalue weighted by atomic mass is 35.5. The average Bonchev–Trinajstić information content (AvgIpc) is 3.54. The lowest BCUT2D eigenvalue weighted by Crippen LogP contribution is -2.04. The molecule has 0 fully saturated rings. The molecule has 0 amide bonds. The molecule has 35 heavy (non-hydrogen) atoms. The van der Waals surface area contributed by atoms with Crippen molar-refractivity contribution >= 4 is 49.7 Å². The Morgan fingerprint density at radius 2 is 1.80 bits per heavy atom. The highest BCUT2D eigenvalue weighted by molar-refractivity contribution is 7.20. The minimum absolute atomic E-state index is 0.0630. The first-order chi connectivity index (χ1) is 16.9. The molecule has 0 radical (unpaired) electrons. The molecule has 6 rings (SSSR count). The van der Waals surface area contributed by atoms with E-state index in [-0.39, 0.29) is 11.3 Å². The number of carbonyl (C=O) groups is 1. The Morgan fingerprint density at radius 3 is 2.57 bits per heavy atom. The van der Waals surface area contributed by atoms with E-state index in [1.54, 1.807) is 37.3 Å². The van der Waals surface area contributed by atoms with Crippen molar-refractivity contribution in [2.75, 3.05) is 0 Å². The zero-order chi connectivity index (χ0) is 24.3. The third-order valence-electron chi connectivity index (χ3n) is 5.87. The number of aromatic hydroxyl groups is 2. The summed E-state index contributed by atoms with van der Waals surface area (Å²) in [7, 11) is 0. The molecule has 0 atom stereocenters. The number of hydrogen-bond donors (Lipinski definition) is 2. The highest BCUT2D eigenvalue weighted by Crippen LogP contribution is 2.46. The van der Waals surface area contributed by atoms with Gasteiger partial charge in [-0.05, 0) is 54.1 Å². The topological polar surface area (TPSA) is 88.5 Å². The lowest BCUT2D eigenvalue weighted by molar-refractivity contribution is 0.101. The van der Waals surface area contributed by atoms with Gasteiger partial charge >= 0.3 is 0 Å². The van der Waals surface area contributed by atoms with E-state index < -0.39 is 17.4 Å². The largest absolute Gasteiger partial charge is 0.503 e. The monoisotopic (exact) mass is 500 g/mol. The Balaban J connectivity index is 1.66. The number of halogens is 1. The lowest BCUT2D eigenvalue weighted by atomic mass is 10.00. The molecule has 0 bridgehead atoms. The summed E-state index contributed by atoms with van der Waals surface area (Å²) in [6, 6.07) is 22.0. The number of thiazole rings is 1. The number of carbonyl (C=O) groups excluding carboxylic acids is 1. The van der Waals surface area contributed by atoms with E-state index in [9.17, 15) is 15.0 Å². The van der Waals surface area contributed by atoms with E-state index in [2.05, 4.69) is 4.98 Å². The molecule has 172 valence electrons. The number of hydrogen-bond acceptors (Lipinski definition) is 6. The van der Waals surface area contributed by atoms with E-state index >= 15 is 0 Å². The minimum Gasteiger partial charge on any atom is -0.503 e. The molecule has 6 nitrogen and oxygen atoms in total. The Labute approximate surface area is 208 Å². The molecule has 0 aliphatic rings. The summed E-state index contributed by atoms with van der Waals surface area (Å²) in [5.74, 6) is -0.939. The molecule has 0 spiro atoms. The fraction of sp³-hybridized carbons (Fsp3) is 0.0370. The number of fused-ring (bicyclic) bond motifs is 2. The number of benzene rings is 3. The molecule has 0 saturated heterocycles. The molecule has 0 saturated carbocycles. The second-order valence-corrected chi connectivity index (χ2v) is 9.59. The van der Waals surface area contributed by atoms with Gasteiger partial charge in [0.2, 0.25) is 11.7 Å². The van der Waals surface area contributed by atoms with Crippen LogP contribution in [0.15, 0.2) is 77.2 Å². The van der Waals surface area contributed by atoms with Crippen LogP contribution in [0.2, 0.25) is 5.02 Å². The van der Waals surface area contributed by atoms with Gasteiger partial charge in [-0.25, -0.2) is 4.98 Å². The highest BCUT2D eigenvalue weighted by Gasteiger charge is 2.32. The van der Waals surface area contributed by atoms with Gasteiger partial charge in [0, 0.05) is 10.6 Å². The fourth-order valence-electron chi connectivity index (χ4n) is 4.22. The Hall–Kier alpha value is -4.07. The van der Waals surface area contributed by atoms with Crippen LogP contribution in [0.25, 0.3) is 37.4 Å². The summed E-state index contributed by atoms with van der Waals surface area (Å²) in [4.78, 5) is 18.2. The van der Waals surface area contributed by atoms with Gasteiger partial charge in [-0.2, -0.15) is 0 Å². The van der Waals surface area contributed by atoms with Crippen molar-refractivity contribution in [1.82, 2.24) is 9.55 Å². The summed E-state index contributed by atoms with van der Waals surface area (Å²) in [6.45, 7) is 1.73. The van der Waals surface area contributed by atoms with Crippen molar-refractivity contribution < 1.29 is 19.4 Å². The summed E-state index contributed by atoms with van der Waals surface area (Å²) in [5.41, 5.74) is 1.56. The smallest absolute Gasteiger partial charge is 0.242 e. The van der Waals surface area contributed by atoms with E-state index in [0.717, 1.165) is 15.5 Å². The van der Waals surface area contributed by atoms with Crippen molar-refractivity contribution in [2.45, 2.75) is 6.92 Å². The van der Waals surface area contributed by atoms with E-state index in [0.29, 0.717) is 32.7 Å². The first kappa shape index (κ1) is 21.5. The van der Waals surface area contributed by atoms with Crippen molar-refractivity contribution in [3.8, 4) is 28.0 Å². The SMILES string of the molecule is Cc1ccc(C(=O)c2c(O)c(O)n(-c3nc4ccc(Cl)cc4s3)c2-c2ccc3ccccc3c2)o1. The van der Waals surface area contributed by atoms with E-state index in [4.69, 9.17) is 16.0 Å². The van der Waals surface area contributed by atoms with Gasteiger partial charge in [0.15, 0.2) is 16.6 Å². The predicted molar refractivity (Wildman–Crippen MR) is 137 cm³/mol. The van der Waals surface area contributed by atoms with Crippen LogP contribution >= 0.6 is 22.9 Å². The third-order valence-corrected chi connectivity index (χ3v) is 7.10. The van der Waals surface area contributed by atoms with Crippen molar-refractivity contribution in [3.05, 3.63) is 94.9 Å². The molecular formula is C27H17ClN2O4S. The zero-order valence-corrected chi connectivity index (χ0v) is 19.9. The Bertz CT molecular complexity index is 1780.